The number of carbonyl (C=O) groups excluding carboxylic acids is 2. The Morgan fingerprint density at radius 2 is 1.86 bits per heavy atom. The van der Waals surface area contributed by atoms with Crippen LogP contribution in [-0.4, -0.2) is 41.7 Å². The zero-order valence-corrected chi connectivity index (χ0v) is 20.2. The van der Waals surface area contributed by atoms with Gasteiger partial charge in [0.15, 0.2) is 16.8 Å². The van der Waals surface area contributed by atoms with Crippen LogP contribution in [0.3, 0.4) is 0 Å². The van der Waals surface area contributed by atoms with E-state index in [0.717, 1.165) is 12.3 Å². The zero-order chi connectivity index (χ0) is 26.7. The molecule has 4 heterocycles. The monoisotopic (exact) mass is 530 g/mol. The van der Waals surface area contributed by atoms with Crippen LogP contribution in [0.1, 0.15) is 40.2 Å². The van der Waals surface area contributed by atoms with Crippen molar-refractivity contribution in [1.29, 1.82) is 0 Å². The van der Waals surface area contributed by atoms with Crippen LogP contribution >= 0.6 is 11.6 Å². The Morgan fingerprint density at radius 3 is 2.59 bits per heavy atom. The fraction of sp³-hybridized carbons (Fsp3) is 0.208. The molecule has 0 saturated heterocycles. The summed E-state index contributed by atoms with van der Waals surface area (Å²) in [6.07, 6.45) is 1.71. The van der Waals surface area contributed by atoms with Gasteiger partial charge in [-0.05, 0) is 31.2 Å². The van der Waals surface area contributed by atoms with Crippen molar-refractivity contribution in [3.8, 4) is 11.4 Å². The topological polar surface area (TPSA) is 113 Å². The van der Waals surface area contributed by atoms with Crippen LogP contribution in [0.5, 0.6) is 0 Å². The second kappa shape index (κ2) is 10.8. The molecule has 4 aromatic rings. The number of carbonyl (C=O) groups is 2. The van der Waals surface area contributed by atoms with E-state index in [1.54, 1.807) is 7.05 Å². The van der Waals surface area contributed by atoms with Crippen molar-refractivity contribution in [3.63, 3.8) is 0 Å². The predicted molar refractivity (Wildman–Crippen MR) is 124 cm³/mol. The molecule has 0 radical (unpaired) electrons. The van der Waals surface area contributed by atoms with Gasteiger partial charge in [0.2, 0.25) is 5.95 Å². The first-order valence-electron chi connectivity index (χ1n) is 10.8. The summed E-state index contributed by atoms with van der Waals surface area (Å²) in [6, 6.07) is 5.27. The Labute approximate surface area is 213 Å². The minimum atomic E-state index is -1.09. The number of ether oxygens (including phenoxy) is 1. The average Bonchev–Trinajstić information content (AvgIpc) is 3.23. The van der Waals surface area contributed by atoms with Crippen molar-refractivity contribution in [2.75, 3.05) is 0 Å². The standard InChI is InChI=1S/C24H18ClF3N6O3/c1-12(16-8-15(26)11-31-24(16)28)37-20(36)9-18-22(32-33-34(18)2)17-4-3-14(10-30-17)19(35)7-13-5-6-29-23(25)21(13)27/h3-6,8,10-12H,7,9H2,1-2H3/t12-/m1/s1. The van der Waals surface area contributed by atoms with Gasteiger partial charge < -0.3 is 4.74 Å². The number of pyridine rings is 3. The Kier molecular flexibility index (Phi) is 7.58. The van der Waals surface area contributed by atoms with Gasteiger partial charge in [-0.25, -0.2) is 18.7 Å². The smallest absolute Gasteiger partial charge is 0.312 e. The number of aromatic nitrogens is 6. The highest BCUT2D eigenvalue weighted by molar-refractivity contribution is 6.29. The molecule has 0 spiro atoms. The van der Waals surface area contributed by atoms with Crippen LogP contribution in [0.15, 0.2) is 42.9 Å². The molecule has 0 aliphatic heterocycles. The average molecular weight is 531 g/mol. The molecule has 0 amide bonds. The predicted octanol–water partition coefficient (Wildman–Crippen LogP) is 4.01. The van der Waals surface area contributed by atoms with Crippen molar-refractivity contribution >= 4 is 23.4 Å². The van der Waals surface area contributed by atoms with Crippen molar-refractivity contribution in [1.82, 2.24) is 29.9 Å². The largest absolute Gasteiger partial charge is 0.457 e. The molecule has 0 unspecified atom stereocenters. The third-order valence-corrected chi connectivity index (χ3v) is 5.70. The highest BCUT2D eigenvalue weighted by Crippen LogP contribution is 2.24. The van der Waals surface area contributed by atoms with Gasteiger partial charge in [0.1, 0.15) is 17.6 Å². The number of hydrogen-bond donors (Lipinski definition) is 0. The first kappa shape index (κ1) is 25.9. The lowest BCUT2D eigenvalue weighted by Crippen LogP contribution is -2.15. The number of nitrogens with zero attached hydrogens (tertiary/aromatic N) is 6. The van der Waals surface area contributed by atoms with E-state index in [4.69, 9.17) is 16.3 Å². The maximum atomic E-state index is 14.1. The number of Topliss-reactive ketones (excluding diaryl/α,β-unsaturated/α-hetero) is 1. The third-order valence-electron chi connectivity index (χ3n) is 5.44. The van der Waals surface area contributed by atoms with Gasteiger partial charge >= 0.3 is 5.97 Å². The highest BCUT2D eigenvalue weighted by Gasteiger charge is 2.22. The minimum absolute atomic E-state index is 0.104. The van der Waals surface area contributed by atoms with Gasteiger partial charge in [0.25, 0.3) is 0 Å². The Balaban J connectivity index is 1.47. The molecular weight excluding hydrogens is 513 g/mol. The van der Waals surface area contributed by atoms with E-state index in [1.165, 1.54) is 42.2 Å². The number of hydrogen-bond acceptors (Lipinski definition) is 8. The summed E-state index contributed by atoms with van der Waals surface area (Å²) in [6.45, 7) is 1.39. The minimum Gasteiger partial charge on any atom is -0.457 e. The van der Waals surface area contributed by atoms with E-state index < -0.39 is 35.4 Å². The summed E-state index contributed by atoms with van der Waals surface area (Å²) in [5.41, 5.74) is 1.05. The molecule has 4 rings (SSSR count). The molecule has 1 atom stereocenters. The lowest BCUT2D eigenvalue weighted by atomic mass is 10.0. The zero-order valence-electron chi connectivity index (χ0n) is 19.5. The Bertz CT molecular complexity index is 1480. The van der Waals surface area contributed by atoms with Crippen LogP contribution in [0, 0.1) is 17.6 Å². The number of halogens is 4. The van der Waals surface area contributed by atoms with Crippen LogP contribution in [0.2, 0.25) is 5.15 Å². The molecule has 13 heteroatoms. The second-order valence-electron chi connectivity index (χ2n) is 7.96. The van der Waals surface area contributed by atoms with E-state index in [9.17, 15) is 22.8 Å². The molecule has 9 nitrogen and oxygen atoms in total. The lowest BCUT2D eigenvalue weighted by Gasteiger charge is -2.14. The molecule has 0 fully saturated rings. The molecule has 190 valence electrons. The summed E-state index contributed by atoms with van der Waals surface area (Å²) >= 11 is 5.66. The maximum absolute atomic E-state index is 14.1. The Hall–Kier alpha value is -4.19. The summed E-state index contributed by atoms with van der Waals surface area (Å²) in [7, 11) is 1.56. The van der Waals surface area contributed by atoms with Gasteiger partial charge in [-0.2, -0.15) is 4.39 Å². The molecule has 0 aliphatic rings. The Morgan fingerprint density at radius 1 is 1.08 bits per heavy atom. The lowest BCUT2D eigenvalue weighted by molar-refractivity contribution is -0.148. The normalized spacial score (nSPS) is 11.8. The summed E-state index contributed by atoms with van der Waals surface area (Å²) in [4.78, 5) is 36.3. The van der Waals surface area contributed by atoms with E-state index in [1.807, 2.05) is 0 Å². The first-order chi connectivity index (χ1) is 17.6. The SMILES string of the molecule is C[C@@H](OC(=O)Cc1c(-c2ccc(C(=O)Cc3ccnc(Cl)c3F)cn2)nnn1C)c1cc(F)cnc1F. The molecule has 0 saturated carbocycles. The van der Waals surface area contributed by atoms with Gasteiger partial charge in [0, 0.05) is 37.0 Å². The van der Waals surface area contributed by atoms with Crippen molar-refractivity contribution in [2.24, 2.45) is 7.05 Å². The molecule has 4 aromatic heterocycles. The fourth-order valence-electron chi connectivity index (χ4n) is 3.50. The molecule has 0 bridgehead atoms. The fourth-order valence-corrected chi connectivity index (χ4v) is 3.68. The molecule has 0 aliphatic carbocycles. The van der Waals surface area contributed by atoms with Gasteiger partial charge in [-0.15, -0.1) is 5.10 Å². The quantitative estimate of drug-likeness (QED) is 0.191. The molecule has 0 N–H and O–H groups in total. The number of esters is 1. The molecule has 37 heavy (non-hydrogen) atoms. The van der Waals surface area contributed by atoms with Crippen molar-refractivity contribution in [3.05, 3.63) is 88.0 Å². The van der Waals surface area contributed by atoms with Gasteiger partial charge in [0.05, 0.1) is 29.6 Å². The van der Waals surface area contributed by atoms with E-state index >= 15 is 0 Å². The number of aryl methyl sites for hydroxylation is 1. The van der Waals surface area contributed by atoms with Crippen molar-refractivity contribution < 1.29 is 27.5 Å². The van der Waals surface area contributed by atoms with Gasteiger partial charge in [-0.3, -0.25) is 19.3 Å². The van der Waals surface area contributed by atoms with Crippen LogP contribution in [-0.2, 0) is 29.4 Å². The van der Waals surface area contributed by atoms with Crippen molar-refractivity contribution in [2.45, 2.75) is 25.9 Å². The third kappa shape index (κ3) is 5.80. The van der Waals surface area contributed by atoms with E-state index in [-0.39, 0.29) is 40.4 Å². The highest BCUT2D eigenvalue weighted by atomic mass is 35.5. The van der Waals surface area contributed by atoms with Crippen LogP contribution < -0.4 is 0 Å². The van der Waals surface area contributed by atoms with E-state index in [0.29, 0.717) is 11.4 Å². The van der Waals surface area contributed by atoms with E-state index in [2.05, 4.69) is 25.3 Å². The van der Waals surface area contributed by atoms with Gasteiger partial charge in [-0.1, -0.05) is 16.8 Å². The maximum Gasteiger partial charge on any atom is 0.312 e. The van der Waals surface area contributed by atoms with Crippen LogP contribution in [0.25, 0.3) is 11.4 Å². The number of rotatable bonds is 8. The summed E-state index contributed by atoms with van der Waals surface area (Å²) < 4.78 is 48.0. The second-order valence-corrected chi connectivity index (χ2v) is 8.32. The molecular formula is C24H18ClF3N6O3. The van der Waals surface area contributed by atoms with Crippen LogP contribution in [0.4, 0.5) is 13.2 Å². The molecule has 0 aromatic carbocycles. The summed E-state index contributed by atoms with van der Waals surface area (Å²) in [5, 5.41) is 7.63. The first-order valence-corrected chi connectivity index (χ1v) is 11.2. The summed E-state index contributed by atoms with van der Waals surface area (Å²) in [5.74, 6) is -3.61. The number of ketones is 1.